The molecule has 0 aromatic carbocycles. The molecule has 1 aliphatic rings. The van der Waals surface area contributed by atoms with Crippen molar-refractivity contribution >= 4 is 39.9 Å². The molecule has 2 rings (SSSR count). The Morgan fingerprint density at radius 2 is 2.00 bits per heavy atom. The van der Waals surface area contributed by atoms with Crippen LogP contribution < -0.4 is 10.6 Å². The fourth-order valence-corrected chi connectivity index (χ4v) is 4.28. The quantitative estimate of drug-likeness (QED) is 0.422. The summed E-state index contributed by atoms with van der Waals surface area (Å²) in [6.07, 6.45) is 5.16. The smallest absolute Gasteiger partial charge is 0.191 e. The van der Waals surface area contributed by atoms with Crippen molar-refractivity contribution in [1.29, 1.82) is 0 Å². The summed E-state index contributed by atoms with van der Waals surface area (Å²) in [4.78, 5) is 8.25. The topological polar surface area (TPSA) is 39.7 Å². The Morgan fingerprint density at radius 1 is 1.24 bits per heavy atom. The lowest BCUT2D eigenvalue weighted by Gasteiger charge is -2.26. The van der Waals surface area contributed by atoms with Gasteiger partial charge in [-0.25, -0.2) is 0 Å². The van der Waals surface area contributed by atoms with Gasteiger partial charge in [-0.2, -0.15) is 0 Å². The maximum atomic E-state index is 4.28. The molecule has 0 unspecified atom stereocenters. The zero-order valence-corrected chi connectivity index (χ0v) is 15.7. The van der Waals surface area contributed by atoms with Crippen LogP contribution in [0.1, 0.15) is 24.1 Å². The van der Waals surface area contributed by atoms with Gasteiger partial charge in [0.2, 0.25) is 0 Å². The van der Waals surface area contributed by atoms with Crippen LogP contribution in [-0.4, -0.2) is 50.6 Å². The molecule has 0 saturated carbocycles. The fourth-order valence-electron chi connectivity index (χ4n) is 2.53. The lowest BCUT2D eigenvalue weighted by atomic mass is 10.1. The van der Waals surface area contributed by atoms with Gasteiger partial charge in [0.05, 0.1) is 2.88 Å². The molecule has 1 fully saturated rings. The van der Waals surface area contributed by atoms with Gasteiger partial charge in [-0.1, -0.05) is 6.42 Å². The zero-order chi connectivity index (χ0) is 14.9. The van der Waals surface area contributed by atoms with Gasteiger partial charge in [-0.3, -0.25) is 4.99 Å². The monoisotopic (exact) mass is 420 g/mol. The van der Waals surface area contributed by atoms with Crippen molar-refractivity contribution in [2.45, 2.75) is 25.7 Å². The summed E-state index contributed by atoms with van der Waals surface area (Å²) in [6.45, 7) is 5.52. The lowest BCUT2D eigenvalue weighted by Crippen LogP contribution is -2.43. The molecule has 0 spiro atoms. The predicted octanol–water partition coefficient (Wildman–Crippen LogP) is 2.55. The third kappa shape index (κ3) is 6.52. The number of piperidine rings is 1. The molecular formula is C15H25IN4S. The number of aliphatic imine (C=N–C) groups is 1. The van der Waals surface area contributed by atoms with Gasteiger partial charge < -0.3 is 15.5 Å². The number of guanidine groups is 1. The Balaban J connectivity index is 1.59. The summed E-state index contributed by atoms with van der Waals surface area (Å²) < 4.78 is 1.35. The lowest BCUT2D eigenvalue weighted by molar-refractivity contribution is 0.232. The van der Waals surface area contributed by atoms with Gasteiger partial charge in [0.25, 0.3) is 0 Å². The van der Waals surface area contributed by atoms with Gasteiger partial charge >= 0.3 is 0 Å². The largest absolute Gasteiger partial charge is 0.356 e. The fraction of sp³-hybridized carbons (Fsp3) is 0.667. The molecule has 2 heterocycles. The first-order valence-electron chi connectivity index (χ1n) is 7.69. The highest BCUT2D eigenvalue weighted by molar-refractivity contribution is 14.1. The highest BCUT2D eigenvalue weighted by Crippen LogP contribution is 2.18. The van der Waals surface area contributed by atoms with E-state index in [1.807, 2.05) is 18.4 Å². The first-order chi connectivity index (χ1) is 10.3. The molecule has 0 amide bonds. The molecule has 0 radical (unpaired) electrons. The molecule has 0 atom stereocenters. The number of likely N-dealkylation sites (tertiary alicyclic amines) is 1. The average molecular weight is 420 g/mol. The van der Waals surface area contributed by atoms with Gasteiger partial charge in [0.1, 0.15) is 0 Å². The second-order valence-electron chi connectivity index (χ2n) is 5.28. The number of nitrogens with zero attached hydrogens (tertiary/aromatic N) is 2. The second kappa shape index (κ2) is 9.63. The number of rotatable bonds is 6. The highest BCUT2D eigenvalue weighted by atomic mass is 127. The van der Waals surface area contributed by atoms with Gasteiger partial charge in [0, 0.05) is 31.6 Å². The van der Waals surface area contributed by atoms with Crippen LogP contribution in [0.4, 0.5) is 0 Å². The molecule has 1 aromatic rings. The van der Waals surface area contributed by atoms with Crippen LogP contribution in [0.5, 0.6) is 0 Å². The Bertz CT molecular complexity index is 441. The first-order valence-corrected chi connectivity index (χ1v) is 9.58. The van der Waals surface area contributed by atoms with E-state index in [-0.39, 0.29) is 0 Å². The van der Waals surface area contributed by atoms with Crippen molar-refractivity contribution in [2.24, 2.45) is 4.99 Å². The van der Waals surface area contributed by atoms with Crippen LogP contribution >= 0.6 is 33.9 Å². The Hall–Kier alpha value is -0.340. The molecule has 6 heteroatoms. The second-order valence-corrected chi connectivity index (χ2v) is 8.35. The Morgan fingerprint density at radius 3 is 2.67 bits per heavy atom. The van der Waals surface area contributed by atoms with E-state index in [1.54, 1.807) is 0 Å². The molecule has 1 aromatic heterocycles. The van der Waals surface area contributed by atoms with Crippen LogP contribution in [0.3, 0.4) is 0 Å². The predicted molar refractivity (Wildman–Crippen MR) is 100 cm³/mol. The van der Waals surface area contributed by atoms with Crippen LogP contribution in [0, 0.1) is 2.88 Å². The molecule has 2 N–H and O–H groups in total. The van der Waals surface area contributed by atoms with E-state index in [0.717, 1.165) is 32.0 Å². The van der Waals surface area contributed by atoms with E-state index >= 15 is 0 Å². The summed E-state index contributed by atoms with van der Waals surface area (Å²) in [5.41, 5.74) is 0. The maximum Gasteiger partial charge on any atom is 0.191 e. The van der Waals surface area contributed by atoms with Crippen LogP contribution in [0.2, 0.25) is 0 Å². The van der Waals surface area contributed by atoms with Gasteiger partial charge in [-0.05, 0) is 67.1 Å². The van der Waals surface area contributed by atoms with E-state index in [2.05, 4.69) is 55.2 Å². The minimum atomic E-state index is 0.915. The summed E-state index contributed by atoms with van der Waals surface area (Å²) in [6, 6.07) is 4.38. The van der Waals surface area contributed by atoms with E-state index in [0.29, 0.717) is 0 Å². The molecule has 21 heavy (non-hydrogen) atoms. The van der Waals surface area contributed by atoms with Crippen LogP contribution in [-0.2, 0) is 6.42 Å². The summed E-state index contributed by atoms with van der Waals surface area (Å²) in [5.74, 6) is 0.915. The molecule has 0 aliphatic carbocycles. The van der Waals surface area contributed by atoms with Crippen molar-refractivity contribution in [3.05, 3.63) is 19.9 Å². The van der Waals surface area contributed by atoms with E-state index in [1.165, 1.54) is 40.1 Å². The number of thiophene rings is 1. The summed E-state index contributed by atoms with van der Waals surface area (Å²) in [7, 11) is 1.84. The Kier molecular flexibility index (Phi) is 7.81. The van der Waals surface area contributed by atoms with E-state index < -0.39 is 0 Å². The standard InChI is InChI=1S/C15H25IN4S/c1-17-15(18-8-7-13-5-6-14(16)21-13)19-9-12-20-10-3-2-4-11-20/h5-6H,2-4,7-12H2,1H3,(H2,17,18,19). The normalized spacial score (nSPS) is 17.0. The third-order valence-electron chi connectivity index (χ3n) is 3.69. The number of nitrogens with one attached hydrogen (secondary N) is 2. The van der Waals surface area contributed by atoms with Crippen molar-refractivity contribution in [3.8, 4) is 0 Å². The van der Waals surface area contributed by atoms with Crippen molar-refractivity contribution in [3.63, 3.8) is 0 Å². The van der Waals surface area contributed by atoms with Crippen molar-refractivity contribution in [1.82, 2.24) is 15.5 Å². The molecular weight excluding hydrogens is 395 g/mol. The number of halogens is 1. The molecule has 1 saturated heterocycles. The van der Waals surface area contributed by atoms with Crippen LogP contribution in [0.25, 0.3) is 0 Å². The number of hydrogen-bond acceptors (Lipinski definition) is 3. The summed E-state index contributed by atoms with van der Waals surface area (Å²) in [5, 5.41) is 6.80. The average Bonchev–Trinajstić information content (AvgIpc) is 2.92. The maximum absolute atomic E-state index is 4.28. The third-order valence-corrected chi connectivity index (χ3v) is 5.64. The minimum Gasteiger partial charge on any atom is -0.356 e. The van der Waals surface area contributed by atoms with Gasteiger partial charge in [-0.15, -0.1) is 11.3 Å². The molecule has 118 valence electrons. The highest BCUT2D eigenvalue weighted by Gasteiger charge is 2.09. The molecule has 1 aliphatic heterocycles. The van der Waals surface area contributed by atoms with Gasteiger partial charge in [0.15, 0.2) is 5.96 Å². The Labute approximate surface area is 145 Å². The molecule has 0 bridgehead atoms. The number of hydrogen-bond donors (Lipinski definition) is 2. The van der Waals surface area contributed by atoms with E-state index in [4.69, 9.17) is 0 Å². The van der Waals surface area contributed by atoms with E-state index in [9.17, 15) is 0 Å². The van der Waals surface area contributed by atoms with Crippen molar-refractivity contribution < 1.29 is 0 Å². The molecule has 4 nitrogen and oxygen atoms in total. The minimum absolute atomic E-state index is 0.915. The SMILES string of the molecule is CN=C(NCCc1ccc(I)s1)NCCN1CCCCC1. The van der Waals surface area contributed by atoms with Crippen molar-refractivity contribution in [2.75, 3.05) is 39.8 Å². The summed E-state index contributed by atoms with van der Waals surface area (Å²) >= 11 is 4.23. The van der Waals surface area contributed by atoms with Crippen LogP contribution in [0.15, 0.2) is 17.1 Å². The first kappa shape index (κ1) is 17.0. The zero-order valence-electron chi connectivity index (χ0n) is 12.7.